The van der Waals surface area contributed by atoms with Crippen LogP contribution in [0.4, 0.5) is 0 Å². The minimum absolute atomic E-state index is 0.157. The number of nitrogens with zero attached hydrogens (tertiary/aromatic N) is 4. The van der Waals surface area contributed by atoms with E-state index in [9.17, 15) is 4.79 Å². The lowest BCUT2D eigenvalue weighted by atomic mass is 10.0. The number of rotatable bonds is 7. The van der Waals surface area contributed by atoms with Crippen LogP contribution in [-0.4, -0.2) is 64.4 Å². The molecule has 0 unspecified atom stereocenters. The van der Waals surface area contributed by atoms with Crippen molar-refractivity contribution in [2.75, 3.05) is 32.8 Å². The minimum Gasteiger partial charge on any atom is -0.379 e. The number of ether oxygens (including phenoxy) is 1. The van der Waals surface area contributed by atoms with E-state index in [0.29, 0.717) is 30.3 Å². The van der Waals surface area contributed by atoms with Gasteiger partial charge in [0.15, 0.2) is 11.6 Å². The zero-order valence-electron chi connectivity index (χ0n) is 18.5. The molecule has 0 radical (unpaired) electrons. The first-order chi connectivity index (χ1) is 15.6. The molecule has 8 heteroatoms. The lowest BCUT2D eigenvalue weighted by molar-refractivity contribution is -0.113. The molecule has 1 N–H and O–H groups in total. The van der Waals surface area contributed by atoms with E-state index in [2.05, 4.69) is 33.0 Å². The molecule has 2 aliphatic heterocycles. The Morgan fingerprint density at radius 3 is 2.81 bits per heavy atom. The van der Waals surface area contributed by atoms with Gasteiger partial charge < -0.3 is 14.2 Å². The molecule has 3 aromatic rings. The minimum atomic E-state index is 0.157. The maximum absolute atomic E-state index is 12.8. The van der Waals surface area contributed by atoms with Gasteiger partial charge in [-0.25, -0.2) is 4.99 Å². The molecule has 0 aliphatic carbocycles. The number of H-pyrrole nitrogens is 1. The molecule has 0 spiro atoms. The van der Waals surface area contributed by atoms with Crippen molar-refractivity contribution in [3.8, 4) is 11.6 Å². The van der Waals surface area contributed by atoms with Gasteiger partial charge in [-0.15, -0.1) is 0 Å². The summed E-state index contributed by atoms with van der Waals surface area (Å²) in [6.45, 7) is 8.27. The van der Waals surface area contributed by atoms with Crippen molar-refractivity contribution in [2.45, 2.75) is 33.1 Å². The number of benzene rings is 1. The number of aryl methyl sites for hydroxylation is 1. The van der Waals surface area contributed by atoms with E-state index in [1.807, 2.05) is 18.2 Å². The average molecular weight is 434 g/mol. The van der Waals surface area contributed by atoms with Crippen molar-refractivity contribution in [1.29, 1.82) is 0 Å². The number of nitrogens with one attached hydrogen (secondary N) is 1. The number of aromatic nitrogens is 3. The standard InChI is InChI=1S/C24H27N5O3/c1-15-12-20(22(30)4-3-7-29-8-10-31-11-9-29)27-23(15)17-5-6-19-18(13-17)14-21(26-19)24-25-16(2)28-32-24/h5-6,13-14,26H,3-4,7-12H2,1-2H3. The number of aromatic amines is 1. The smallest absolute Gasteiger partial charge is 0.274 e. The molecule has 166 valence electrons. The average Bonchev–Trinajstić information content (AvgIpc) is 3.51. The van der Waals surface area contributed by atoms with E-state index in [0.717, 1.165) is 72.7 Å². The molecule has 2 aliphatic rings. The van der Waals surface area contributed by atoms with E-state index in [-0.39, 0.29) is 5.78 Å². The molecule has 1 fully saturated rings. The SMILES string of the molecule is CC1=C(c2ccc3[nH]c(-c4nc(C)no4)cc3c2)N=C(C(=O)CCCN2CCOCC2)C1. The van der Waals surface area contributed by atoms with Crippen LogP contribution >= 0.6 is 0 Å². The molecule has 5 rings (SSSR count). The predicted octanol–water partition coefficient (Wildman–Crippen LogP) is 3.78. The molecular weight excluding hydrogens is 406 g/mol. The Labute approximate surface area is 186 Å². The Balaban J connectivity index is 1.28. The van der Waals surface area contributed by atoms with Crippen molar-refractivity contribution in [3.05, 3.63) is 41.2 Å². The number of morpholine rings is 1. The third-order valence-electron chi connectivity index (χ3n) is 6.04. The molecule has 0 bridgehead atoms. The number of carbonyl (C=O) groups excluding carboxylic acids is 1. The van der Waals surface area contributed by atoms with E-state index in [4.69, 9.17) is 14.3 Å². The van der Waals surface area contributed by atoms with Crippen LogP contribution in [0.25, 0.3) is 28.2 Å². The van der Waals surface area contributed by atoms with Gasteiger partial charge in [0, 0.05) is 42.4 Å². The normalized spacial score (nSPS) is 17.4. The summed E-state index contributed by atoms with van der Waals surface area (Å²) in [6.07, 6.45) is 2.03. The molecule has 1 aromatic carbocycles. The highest BCUT2D eigenvalue weighted by Crippen LogP contribution is 2.32. The maximum atomic E-state index is 12.8. The van der Waals surface area contributed by atoms with Crippen LogP contribution in [-0.2, 0) is 9.53 Å². The van der Waals surface area contributed by atoms with Gasteiger partial charge >= 0.3 is 0 Å². The summed E-state index contributed by atoms with van der Waals surface area (Å²) in [6, 6.07) is 8.15. The van der Waals surface area contributed by atoms with Crippen LogP contribution in [0.3, 0.4) is 0 Å². The topological polar surface area (TPSA) is 96.6 Å². The molecule has 32 heavy (non-hydrogen) atoms. The fourth-order valence-corrected chi connectivity index (χ4v) is 4.31. The summed E-state index contributed by atoms with van der Waals surface area (Å²) >= 11 is 0. The van der Waals surface area contributed by atoms with Crippen molar-refractivity contribution in [2.24, 2.45) is 4.99 Å². The van der Waals surface area contributed by atoms with E-state index in [1.54, 1.807) is 6.92 Å². The van der Waals surface area contributed by atoms with Crippen LogP contribution in [0.1, 0.15) is 37.6 Å². The Bertz CT molecular complexity index is 1210. The number of hydrogen-bond donors (Lipinski definition) is 1. The third-order valence-corrected chi connectivity index (χ3v) is 6.04. The number of ketones is 1. The molecule has 0 amide bonds. The van der Waals surface area contributed by atoms with Gasteiger partial charge in [0.1, 0.15) is 5.69 Å². The second-order valence-electron chi connectivity index (χ2n) is 8.48. The van der Waals surface area contributed by atoms with Gasteiger partial charge in [-0.3, -0.25) is 9.69 Å². The quantitative estimate of drug-likeness (QED) is 0.609. The number of aliphatic imine (C=N–C) groups is 1. The van der Waals surface area contributed by atoms with Gasteiger partial charge in [-0.2, -0.15) is 4.98 Å². The highest BCUT2D eigenvalue weighted by molar-refractivity contribution is 6.42. The molecule has 0 atom stereocenters. The van der Waals surface area contributed by atoms with Gasteiger partial charge in [0.2, 0.25) is 0 Å². The fraction of sp³-hybridized carbons (Fsp3) is 0.417. The first-order valence-electron chi connectivity index (χ1n) is 11.1. The monoisotopic (exact) mass is 433 g/mol. The Morgan fingerprint density at radius 2 is 2.03 bits per heavy atom. The Kier molecular flexibility index (Phi) is 5.71. The lowest BCUT2D eigenvalue weighted by Gasteiger charge is -2.26. The van der Waals surface area contributed by atoms with Crippen molar-refractivity contribution < 1.29 is 14.1 Å². The lowest BCUT2D eigenvalue weighted by Crippen LogP contribution is -2.37. The van der Waals surface area contributed by atoms with Gasteiger partial charge in [0.05, 0.1) is 24.6 Å². The van der Waals surface area contributed by atoms with Crippen LogP contribution in [0.2, 0.25) is 0 Å². The van der Waals surface area contributed by atoms with E-state index < -0.39 is 0 Å². The number of carbonyl (C=O) groups is 1. The summed E-state index contributed by atoms with van der Waals surface area (Å²) in [5.74, 6) is 1.23. The van der Waals surface area contributed by atoms with Crippen LogP contribution < -0.4 is 0 Å². The van der Waals surface area contributed by atoms with Gasteiger partial charge in [0.25, 0.3) is 5.89 Å². The van der Waals surface area contributed by atoms with Crippen molar-refractivity contribution in [1.82, 2.24) is 20.0 Å². The molecular formula is C24H27N5O3. The Hall–Kier alpha value is -3.10. The first kappa shape index (κ1) is 20.8. The summed E-state index contributed by atoms with van der Waals surface area (Å²) in [7, 11) is 0. The Morgan fingerprint density at radius 1 is 1.19 bits per heavy atom. The van der Waals surface area contributed by atoms with Gasteiger partial charge in [-0.05, 0) is 50.6 Å². The molecule has 2 aromatic heterocycles. The van der Waals surface area contributed by atoms with Crippen molar-refractivity contribution in [3.63, 3.8) is 0 Å². The summed E-state index contributed by atoms with van der Waals surface area (Å²) in [5, 5.41) is 4.89. The summed E-state index contributed by atoms with van der Waals surface area (Å²) in [5.41, 5.74) is 5.49. The van der Waals surface area contributed by atoms with Crippen LogP contribution in [0.5, 0.6) is 0 Å². The predicted molar refractivity (Wildman–Crippen MR) is 122 cm³/mol. The maximum Gasteiger partial charge on any atom is 0.274 e. The largest absolute Gasteiger partial charge is 0.379 e. The highest BCUT2D eigenvalue weighted by Gasteiger charge is 2.22. The zero-order chi connectivity index (χ0) is 22.1. The first-order valence-corrected chi connectivity index (χ1v) is 11.1. The second-order valence-corrected chi connectivity index (χ2v) is 8.48. The van der Waals surface area contributed by atoms with Crippen molar-refractivity contribution >= 4 is 28.1 Å². The third kappa shape index (κ3) is 4.28. The van der Waals surface area contributed by atoms with Crippen LogP contribution in [0, 0.1) is 6.92 Å². The zero-order valence-corrected chi connectivity index (χ0v) is 18.5. The summed E-state index contributed by atoms with van der Waals surface area (Å²) < 4.78 is 10.6. The summed E-state index contributed by atoms with van der Waals surface area (Å²) in [4.78, 5) is 27.5. The van der Waals surface area contributed by atoms with E-state index in [1.165, 1.54) is 0 Å². The van der Waals surface area contributed by atoms with E-state index >= 15 is 0 Å². The number of fused-ring (bicyclic) bond motifs is 1. The molecule has 1 saturated heterocycles. The molecule has 0 saturated carbocycles. The fourth-order valence-electron chi connectivity index (χ4n) is 4.31. The highest BCUT2D eigenvalue weighted by atomic mass is 16.5. The number of hydrogen-bond acceptors (Lipinski definition) is 7. The molecule has 8 nitrogen and oxygen atoms in total. The second kappa shape index (κ2) is 8.80. The molecule has 4 heterocycles. The number of allylic oxidation sites excluding steroid dienone is 1. The van der Waals surface area contributed by atoms with Gasteiger partial charge in [-0.1, -0.05) is 11.2 Å². The number of Topliss-reactive ketones (excluding diaryl/α,β-unsaturated/α-hetero) is 1. The van der Waals surface area contributed by atoms with Crippen LogP contribution in [0.15, 0.2) is 39.4 Å².